The van der Waals surface area contributed by atoms with E-state index in [9.17, 15) is 13.2 Å². The Balaban J connectivity index is 1.46. The SMILES string of the molecule is O=C(Nc1ccc(Cc2ccncc2)cc1)C1CCCN1S(=O)(=O)c1ccc(Cl)c(Cl)c1. The van der Waals surface area contributed by atoms with Crippen molar-refractivity contribution < 1.29 is 13.2 Å². The predicted octanol–water partition coefficient (Wildman–Crippen LogP) is 4.77. The van der Waals surface area contributed by atoms with Gasteiger partial charge in [0.2, 0.25) is 15.9 Å². The molecule has 1 aromatic heterocycles. The zero-order chi connectivity index (χ0) is 22.7. The van der Waals surface area contributed by atoms with Crippen molar-refractivity contribution in [2.75, 3.05) is 11.9 Å². The lowest BCUT2D eigenvalue weighted by atomic mass is 10.1. The Bertz CT molecular complexity index is 1220. The minimum atomic E-state index is -3.88. The zero-order valence-electron chi connectivity index (χ0n) is 17.0. The number of nitrogens with one attached hydrogen (secondary N) is 1. The molecule has 2 heterocycles. The average Bonchev–Trinajstić information content (AvgIpc) is 3.29. The first-order valence-corrected chi connectivity index (χ1v) is 12.3. The quantitative estimate of drug-likeness (QED) is 0.540. The van der Waals surface area contributed by atoms with Crippen molar-refractivity contribution in [1.82, 2.24) is 9.29 Å². The van der Waals surface area contributed by atoms with E-state index in [0.717, 1.165) is 17.5 Å². The third-order valence-corrected chi connectivity index (χ3v) is 8.03. The molecule has 6 nitrogen and oxygen atoms in total. The fourth-order valence-electron chi connectivity index (χ4n) is 3.73. The number of aromatic nitrogens is 1. The van der Waals surface area contributed by atoms with E-state index in [2.05, 4.69) is 10.3 Å². The van der Waals surface area contributed by atoms with Crippen LogP contribution in [0.2, 0.25) is 10.0 Å². The summed E-state index contributed by atoms with van der Waals surface area (Å²) in [6.07, 6.45) is 5.32. The monoisotopic (exact) mass is 489 g/mol. The summed E-state index contributed by atoms with van der Waals surface area (Å²) in [4.78, 5) is 17.0. The van der Waals surface area contributed by atoms with Gasteiger partial charge in [0.05, 0.1) is 14.9 Å². The van der Waals surface area contributed by atoms with Gasteiger partial charge in [-0.2, -0.15) is 4.31 Å². The number of amides is 1. The maximum atomic E-state index is 13.1. The zero-order valence-corrected chi connectivity index (χ0v) is 19.4. The molecular weight excluding hydrogens is 469 g/mol. The molecule has 1 saturated heterocycles. The molecule has 1 N–H and O–H groups in total. The molecular formula is C23H21Cl2N3O3S. The Labute approximate surface area is 197 Å². The van der Waals surface area contributed by atoms with E-state index in [0.29, 0.717) is 18.5 Å². The number of sulfonamides is 1. The van der Waals surface area contributed by atoms with E-state index in [1.807, 2.05) is 36.4 Å². The molecule has 166 valence electrons. The van der Waals surface area contributed by atoms with Crippen molar-refractivity contribution >= 4 is 44.8 Å². The lowest BCUT2D eigenvalue weighted by Gasteiger charge is -2.23. The molecule has 1 atom stereocenters. The van der Waals surface area contributed by atoms with Gasteiger partial charge in [-0.05, 0) is 72.9 Å². The Hall–Kier alpha value is -2.45. The summed E-state index contributed by atoms with van der Waals surface area (Å²) in [5.74, 6) is -0.354. The van der Waals surface area contributed by atoms with Crippen LogP contribution < -0.4 is 5.32 Å². The first-order chi connectivity index (χ1) is 15.3. The number of rotatable bonds is 6. The van der Waals surface area contributed by atoms with Gasteiger partial charge >= 0.3 is 0 Å². The highest BCUT2D eigenvalue weighted by atomic mass is 35.5. The van der Waals surface area contributed by atoms with Crippen LogP contribution in [0.5, 0.6) is 0 Å². The molecule has 1 amide bonds. The molecule has 0 bridgehead atoms. The normalized spacial score (nSPS) is 16.8. The molecule has 0 radical (unpaired) electrons. The van der Waals surface area contributed by atoms with Crippen LogP contribution in [0.1, 0.15) is 24.0 Å². The summed E-state index contributed by atoms with van der Waals surface area (Å²) < 4.78 is 27.5. The van der Waals surface area contributed by atoms with E-state index >= 15 is 0 Å². The minimum Gasteiger partial charge on any atom is -0.325 e. The first kappa shape index (κ1) is 22.7. The fourth-order valence-corrected chi connectivity index (χ4v) is 5.78. The lowest BCUT2D eigenvalue weighted by Crippen LogP contribution is -2.43. The summed E-state index contributed by atoms with van der Waals surface area (Å²) in [5.41, 5.74) is 2.86. The van der Waals surface area contributed by atoms with Gasteiger partial charge in [-0.15, -0.1) is 0 Å². The maximum absolute atomic E-state index is 13.1. The van der Waals surface area contributed by atoms with E-state index in [1.165, 1.54) is 22.5 Å². The van der Waals surface area contributed by atoms with Gasteiger partial charge in [-0.25, -0.2) is 8.42 Å². The third-order valence-electron chi connectivity index (χ3n) is 5.38. The van der Waals surface area contributed by atoms with Gasteiger partial charge in [-0.1, -0.05) is 35.3 Å². The van der Waals surface area contributed by atoms with Crippen molar-refractivity contribution in [2.45, 2.75) is 30.2 Å². The number of anilines is 1. The molecule has 4 rings (SSSR count). The lowest BCUT2D eigenvalue weighted by molar-refractivity contribution is -0.119. The number of halogens is 2. The first-order valence-electron chi connectivity index (χ1n) is 10.1. The van der Waals surface area contributed by atoms with Gasteiger partial charge < -0.3 is 5.32 Å². The molecule has 1 aliphatic rings. The second-order valence-electron chi connectivity index (χ2n) is 7.57. The average molecular weight is 490 g/mol. The predicted molar refractivity (Wildman–Crippen MR) is 125 cm³/mol. The molecule has 2 aromatic carbocycles. The van der Waals surface area contributed by atoms with Crippen molar-refractivity contribution in [3.05, 3.63) is 88.2 Å². The van der Waals surface area contributed by atoms with Crippen molar-refractivity contribution in [3.63, 3.8) is 0 Å². The standard InChI is InChI=1S/C23H21Cl2N3O3S/c24-20-8-7-19(15-21(20)25)32(30,31)28-13-1-2-22(28)23(29)27-18-5-3-16(4-6-18)14-17-9-11-26-12-10-17/h3-12,15,22H,1-2,13-14H2,(H,27,29). The Morgan fingerprint density at radius 2 is 1.69 bits per heavy atom. The highest BCUT2D eigenvalue weighted by molar-refractivity contribution is 7.89. The van der Waals surface area contributed by atoms with Crippen LogP contribution in [0.15, 0.2) is 71.9 Å². The summed E-state index contributed by atoms with van der Waals surface area (Å²) in [6, 6.07) is 14.8. The number of hydrogen-bond donors (Lipinski definition) is 1. The van der Waals surface area contributed by atoms with E-state index < -0.39 is 16.1 Å². The van der Waals surface area contributed by atoms with Gasteiger partial charge in [-0.3, -0.25) is 9.78 Å². The number of carbonyl (C=O) groups is 1. The molecule has 1 fully saturated rings. The van der Waals surface area contributed by atoms with E-state index in [1.54, 1.807) is 12.4 Å². The molecule has 0 aliphatic carbocycles. The Morgan fingerprint density at radius 3 is 2.38 bits per heavy atom. The number of nitrogens with zero attached hydrogens (tertiary/aromatic N) is 2. The molecule has 0 spiro atoms. The highest BCUT2D eigenvalue weighted by Crippen LogP contribution is 2.30. The fraction of sp³-hybridized carbons (Fsp3) is 0.217. The van der Waals surface area contributed by atoms with Gasteiger partial charge in [0.1, 0.15) is 6.04 Å². The van der Waals surface area contributed by atoms with Crippen LogP contribution in [-0.2, 0) is 21.2 Å². The Morgan fingerprint density at radius 1 is 1.00 bits per heavy atom. The van der Waals surface area contributed by atoms with Crippen LogP contribution in [0.4, 0.5) is 5.69 Å². The van der Waals surface area contributed by atoms with E-state index in [-0.39, 0.29) is 27.4 Å². The van der Waals surface area contributed by atoms with Gasteiger partial charge in [0.25, 0.3) is 0 Å². The van der Waals surface area contributed by atoms with E-state index in [4.69, 9.17) is 23.2 Å². The number of hydrogen-bond acceptors (Lipinski definition) is 4. The highest BCUT2D eigenvalue weighted by Gasteiger charge is 2.39. The van der Waals surface area contributed by atoms with Gasteiger partial charge in [0.15, 0.2) is 0 Å². The Kier molecular flexibility index (Phi) is 6.81. The molecule has 3 aromatic rings. The molecule has 0 saturated carbocycles. The maximum Gasteiger partial charge on any atom is 0.243 e. The van der Waals surface area contributed by atoms with Crippen molar-refractivity contribution in [2.24, 2.45) is 0 Å². The van der Waals surface area contributed by atoms with Gasteiger partial charge in [0, 0.05) is 24.6 Å². The number of benzene rings is 2. The number of pyridine rings is 1. The summed E-state index contributed by atoms with van der Waals surface area (Å²) in [7, 11) is -3.88. The van der Waals surface area contributed by atoms with Crippen molar-refractivity contribution in [1.29, 1.82) is 0 Å². The molecule has 1 aliphatic heterocycles. The van der Waals surface area contributed by atoms with Crippen LogP contribution in [0.3, 0.4) is 0 Å². The van der Waals surface area contributed by atoms with Crippen molar-refractivity contribution in [3.8, 4) is 0 Å². The molecule has 32 heavy (non-hydrogen) atoms. The summed E-state index contributed by atoms with van der Waals surface area (Å²) >= 11 is 11.9. The van der Waals surface area contributed by atoms with Crippen LogP contribution in [-0.4, -0.2) is 36.2 Å². The second kappa shape index (κ2) is 9.58. The topological polar surface area (TPSA) is 79.4 Å². The third kappa shape index (κ3) is 4.96. The summed E-state index contributed by atoms with van der Waals surface area (Å²) in [6.45, 7) is 0.269. The van der Waals surface area contributed by atoms with Crippen LogP contribution in [0.25, 0.3) is 0 Å². The van der Waals surface area contributed by atoms with Crippen LogP contribution in [0, 0.1) is 0 Å². The van der Waals surface area contributed by atoms with Crippen LogP contribution >= 0.6 is 23.2 Å². The number of carbonyl (C=O) groups excluding carboxylic acids is 1. The molecule has 1 unspecified atom stereocenters. The minimum absolute atomic E-state index is 0.0204. The second-order valence-corrected chi connectivity index (χ2v) is 10.3. The molecule has 9 heteroatoms. The smallest absolute Gasteiger partial charge is 0.243 e. The largest absolute Gasteiger partial charge is 0.325 e. The summed E-state index contributed by atoms with van der Waals surface area (Å²) in [5, 5.41) is 3.27.